The lowest BCUT2D eigenvalue weighted by atomic mass is 9.92. The number of hydrogen-bond donors (Lipinski definition) is 1. The number of rotatable bonds is 5. The zero-order chi connectivity index (χ0) is 13.1. The van der Waals surface area contributed by atoms with Crippen molar-refractivity contribution in [2.75, 3.05) is 33.0 Å². The second-order valence-corrected chi connectivity index (χ2v) is 5.96. The minimum Gasteiger partial charge on any atom is -0.389 e. The van der Waals surface area contributed by atoms with Gasteiger partial charge >= 0.3 is 0 Å². The average molecular weight is 271 g/mol. The zero-order valence-corrected chi connectivity index (χ0v) is 11.5. The molecule has 0 spiro atoms. The lowest BCUT2D eigenvalue weighted by Gasteiger charge is -2.30. The Morgan fingerprint density at radius 3 is 2.79 bits per heavy atom. The van der Waals surface area contributed by atoms with Gasteiger partial charge in [-0.05, 0) is 38.8 Å². The molecule has 5 heteroatoms. The fraction of sp³-hybridized carbons (Fsp3) is 1.00. The maximum atomic E-state index is 10.0. The van der Waals surface area contributed by atoms with Gasteiger partial charge in [0.1, 0.15) is 6.79 Å². The molecule has 0 bridgehead atoms. The Morgan fingerprint density at radius 2 is 1.95 bits per heavy atom. The van der Waals surface area contributed by atoms with Crippen molar-refractivity contribution in [3.63, 3.8) is 0 Å². The number of nitrogens with zero attached hydrogens (tertiary/aromatic N) is 1. The van der Waals surface area contributed by atoms with Crippen molar-refractivity contribution in [2.24, 2.45) is 0 Å². The van der Waals surface area contributed by atoms with Crippen LogP contribution in [0.4, 0.5) is 0 Å². The van der Waals surface area contributed by atoms with Crippen LogP contribution in [0.2, 0.25) is 0 Å². The molecule has 4 atom stereocenters. The van der Waals surface area contributed by atoms with E-state index >= 15 is 0 Å². The van der Waals surface area contributed by atoms with Gasteiger partial charge < -0.3 is 24.2 Å². The van der Waals surface area contributed by atoms with Gasteiger partial charge in [0.2, 0.25) is 0 Å². The Balaban J connectivity index is 1.35. The SMILES string of the molecule is O[C@H](COC1CCC2OCOC2C1)CN1CCCC1. The van der Waals surface area contributed by atoms with Crippen LogP contribution in [-0.4, -0.2) is 67.5 Å². The number of likely N-dealkylation sites (tertiary alicyclic amines) is 1. The lowest BCUT2D eigenvalue weighted by Crippen LogP contribution is -2.38. The molecular weight excluding hydrogens is 246 g/mol. The van der Waals surface area contributed by atoms with Gasteiger partial charge in [-0.25, -0.2) is 0 Å². The molecular formula is C14H25NO4. The molecule has 0 radical (unpaired) electrons. The Bertz CT molecular complexity index is 283. The smallest absolute Gasteiger partial charge is 0.147 e. The normalized spacial score (nSPS) is 37.4. The lowest BCUT2D eigenvalue weighted by molar-refractivity contribution is -0.0585. The van der Waals surface area contributed by atoms with Crippen molar-refractivity contribution in [3.8, 4) is 0 Å². The highest BCUT2D eigenvalue weighted by Crippen LogP contribution is 2.30. The monoisotopic (exact) mass is 271 g/mol. The molecule has 1 N–H and O–H groups in total. The number of β-amino-alcohol motifs (C(OH)–C–C–N with tert-alkyl or cyclic N) is 1. The molecule has 5 nitrogen and oxygen atoms in total. The maximum Gasteiger partial charge on any atom is 0.147 e. The Kier molecular flexibility index (Phi) is 4.71. The second-order valence-electron chi connectivity index (χ2n) is 5.96. The van der Waals surface area contributed by atoms with Gasteiger partial charge in [0.25, 0.3) is 0 Å². The van der Waals surface area contributed by atoms with Crippen LogP contribution in [0.3, 0.4) is 0 Å². The van der Waals surface area contributed by atoms with E-state index in [2.05, 4.69) is 4.90 Å². The number of aliphatic hydroxyl groups excluding tert-OH is 1. The van der Waals surface area contributed by atoms with Crippen LogP contribution in [0.1, 0.15) is 32.1 Å². The predicted octanol–water partition coefficient (Wildman–Crippen LogP) is 0.754. The van der Waals surface area contributed by atoms with Crippen molar-refractivity contribution >= 4 is 0 Å². The van der Waals surface area contributed by atoms with E-state index in [-0.39, 0.29) is 24.4 Å². The summed E-state index contributed by atoms with van der Waals surface area (Å²) in [7, 11) is 0. The van der Waals surface area contributed by atoms with Crippen LogP contribution >= 0.6 is 0 Å². The van der Waals surface area contributed by atoms with E-state index in [0.717, 1.165) is 38.9 Å². The molecule has 0 aromatic carbocycles. The minimum atomic E-state index is -0.364. The molecule has 110 valence electrons. The predicted molar refractivity (Wildman–Crippen MR) is 69.9 cm³/mol. The highest BCUT2D eigenvalue weighted by molar-refractivity contribution is 4.84. The topological polar surface area (TPSA) is 51.2 Å². The van der Waals surface area contributed by atoms with Gasteiger partial charge in [-0.15, -0.1) is 0 Å². The van der Waals surface area contributed by atoms with E-state index in [1.807, 2.05) is 0 Å². The summed E-state index contributed by atoms with van der Waals surface area (Å²) in [6, 6.07) is 0. The number of hydrogen-bond acceptors (Lipinski definition) is 5. The minimum absolute atomic E-state index is 0.203. The molecule has 3 fully saturated rings. The number of fused-ring (bicyclic) bond motifs is 1. The summed E-state index contributed by atoms with van der Waals surface area (Å²) in [5.41, 5.74) is 0. The van der Waals surface area contributed by atoms with Gasteiger partial charge in [-0.1, -0.05) is 0 Å². The van der Waals surface area contributed by atoms with Gasteiger partial charge in [-0.2, -0.15) is 0 Å². The molecule has 3 aliphatic rings. The van der Waals surface area contributed by atoms with E-state index < -0.39 is 0 Å². The molecule has 0 aromatic heterocycles. The highest BCUT2D eigenvalue weighted by Gasteiger charge is 2.36. The van der Waals surface area contributed by atoms with E-state index in [4.69, 9.17) is 14.2 Å². The van der Waals surface area contributed by atoms with E-state index in [1.165, 1.54) is 12.8 Å². The van der Waals surface area contributed by atoms with Gasteiger partial charge in [-0.3, -0.25) is 0 Å². The average Bonchev–Trinajstić information content (AvgIpc) is 3.06. The van der Waals surface area contributed by atoms with Crippen molar-refractivity contribution < 1.29 is 19.3 Å². The van der Waals surface area contributed by atoms with Crippen LogP contribution in [0.15, 0.2) is 0 Å². The summed E-state index contributed by atoms with van der Waals surface area (Å²) in [4.78, 5) is 2.32. The fourth-order valence-corrected chi connectivity index (χ4v) is 3.36. The maximum absolute atomic E-state index is 10.0. The van der Waals surface area contributed by atoms with Crippen LogP contribution in [0.5, 0.6) is 0 Å². The molecule has 0 aromatic rings. The Hall–Kier alpha value is -0.200. The second kappa shape index (κ2) is 6.50. The first kappa shape index (κ1) is 13.8. The molecule has 2 aliphatic heterocycles. The Labute approximate surface area is 114 Å². The van der Waals surface area contributed by atoms with Crippen molar-refractivity contribution in [3.05, 3.63) is 0 Å². The summed E-state index contributed by atoms with van der Waals surface area (Å²) >= 11 is 0. The standard InChI is InChI=1S/C14H25NO4/c16-11(8-15-5-1-2-6-15)9-17-12-3-4-13-14(7-12)19-10-18-13/h11-14,16H,1-10H2/t11-,12?,13?,14?/m0/s1. The first-order chi connectivity index (χ1) is 9.31. The zero-order valence-electron chi connectivity index (χ0n) is 11.5. The van der Waals surface area contributed by atoms with E-state index in [0.29, 0.717) is 13.4 Å². The third kappa shape index (κ3) is 3.67. The van der Waals surface area contributed by atoms with Crippen molar-refractivity contribution in [1.29, 1.82) is 0 Å². The molecule has 3 rings (SSSR count). The summed E-state index contributed by atoms with van der Waals surface area (Å²) in [6.07, 6.45) is 5.78. The van der Waals surface area contributed by atoms with Crippen LogP contribution in [0.25, 0.3) is 0 Å². The fourth-order valence-electron chi connectivity index (χ4n) is 3.36. The molecule has 1 aliphatic carbocycles. The first-order valence-electron chi connectivity index (χ1n) is 7.56. The third-order valence-corrected chi connectivity index (χ3v) is 4.44. The molecule has 2 saturated heterocycles. The molecule has 3 unspecified atom stereocenters. The highest BCUT2D eigenvalue weighted by atomic mass is 16.7. The summed E-state index contributed by atoms with van der Waals surface area (Å²) < 4.78 is 16.9. The summed E-state index contributed by atoms with van der Waals surface area (Å²) in [5.74, 6) is 0. The molecule has 2 heterocycles. The van der Waals surface area contributed by atoms with Gasteiger partial charge in [0, 0.05) is 13.0 Å². The van der Waals surface area contributed by atoms with Crippen LogP contribution in [0, 0.1) is 0 Å². The molecule has 0 amide bonds. The third-order valence-electron chi connectivity index (χ3n) is 4.44. The molecule has 1 saturated carbocycles. The van der Waals surface area contributed by atoms with Gasteiger partial charge in [0.05, 0.1) is 31.0 Å². The quantitative estimate of drug-likeness (QED) is 0.800. The summed E-state index contributed by atoms with van der Waals surface area (Å²) in [5, 5.41) is 10.0. The van der Waals surface area contributed by atoms with Crippen LogP contribution in [-0.2, 0) is 14.2 Å². The largest absolute Gasteiger partial charge is 0.389 e. The number of aliphatic hydroxyl groups is 1. The van der Waals surface area contributed by atoms with E-state index in [1.54, 1.807) is 0 Å². The van der Waals surface area contributed by atoms with Crippen LogP contribution < -0.4 is 0 Å². The molecule has 19 heavy (non-hydrogen) atoms. The number of ether oxygens (including phenoxy) is 3. The van der Waals surface area contributed by atoms with Crippen molar-refractivity contribution in [1.82, 2.24) is 4.90 Å². The van der Waals surface area contributed by atoms with Crippen molar-refractivity contribution in [2.45, 2.75) is 56.5 Å². The Morgan fingerprint density at radius 1 is 1.16 bits per heavy atom. The summed E-state index contributed by atoms with van der Waals surface area (Å²) in [6.45, 7) is 3.86. The van der Waals surface area contributed by atoms with Gasteiger partial charge in [0.15, 0.2) is 0 Å². The first-order valence-corrected chi connectivity index (χ1v) is 7.56. The van der Waals surface area contributed by atoms with E-state index in [9.17, 15) is 5.11 Å².